The summed E-state index contributed by atoms with van der Waals surface area (Å²) in [4.78, 5) is 12.4. The minimum atomic E-state index is -1.51. The molecule has 0 aromatic carbocycles. The van der Waals surface area contributed by atoms with E-state index >= 15 is 0 Å². The van der Waals surface area contributed by atoms with Gasteiger partial charge in [-0.3, -0.25) is 0 Å². The Morgan fingerprint density at radius 2 is 1.73 bits per heavy atom. The molecule has 0 rings (SSSR count). The zero-order valence-electron chi connectivity index (χ0n) is 8.94. The fourth-order valence-electron chi connectivity index (χ4n) is 0.774. The van der Waals surface area contributed by atoms with E-state index in [4.69, 9.17) is 33.5 Å². The third kappa shape index (κ3) is 4.90. The number of nitrogens with zero attached hydrogens (tertiary/aromatic N) is 1. The molecular weight excluding hydrogens is 255 g/mol. The SMILES string of the molecule is COP(OC)N(C(=O)NC(C)=S)C(C)=S. The summed E-state index contributed by atoms with van der Waals surface area (Å²) >= 11 is 9.69. The van der Waals surface area contributed by atoms with Crippen molar-refractivity contribution in [3.63, 3.8) is 0 Å². The van der Waals surface area contributed by atoms with Crippen molar-refractivity contribution in [2.45, 2.75) is 13.8 Å². The van der Waals surface area contributed by atoms with Gasteiger partial charge >= 0.3 is 6.03 Å². The van der Waals surface area contributed by atoms with Crippen LogP contribution in [0.2, 0.25) is 0 Å². The van der Waals surface area contributed by atoms with Crippen molar-refractivity contribution in [2.24, 2.45) is 0 Å². The van der Waals surface area contributed by atoms with Crippen LogP contribution in [0.25, 0.3) is 0 Å². The Morgan fingerprint density at radius 1 is 1.27 bits per heavy atom. The van der Waals surface area contributed by atoms with Crippen LogP contribution in [0.15, 0.2) is 0 Å². The van der Waals surface area contributed by atoms with Gasteiger partial charge in [0.1, 0.15) is 0 Å². The molecule has 0 saturated heterocycles. The van der Waals surface area contributed by atoms with Gasteiger partial charge in [-0.2, -0.15) is 0 Å². The summed E-state index contributed by atoms with van der Waals surface area (Å²) in [5.74, 6) is 0. The Kier molecular flexibility index (Phi) is 7.04. The number of urea groups is 1. The third-order valence-electron chi connectivity index (χ3n) is 1.25. The third-order valence-corrected chi connectivity index (χ3v) is 3.10. The molecule has 0 bridgehead atoms. The predicted octanol–water partition coefficient (Wildman–Crippen LogP) is 2.21. The second kappa shape index (κ2) is 7.14. The first-order valence-corrected chi connectivity index (χ1v) is 5.89. The molecule has 0 aliphatic heterocycles. The zero-order valence-corrected chi connectivity index (χ0v) is 11.5. The summed E-state index contributed by atoms with van der Waals surface area (Å²) in [6.07, 6.45) is 0. The second-order valence-corrected chi connectivity index (χ2v) is 5.23. The van der Waals surface area contributed by atoms with Crippen molar-refractivity contribution < 1.29 is 13.8 Å². The van der Waals surface area contributed by atoms with Gasteiger partial charge in [-0.25, -0.2) is 9.46 Å². The van der Waals surface area contributed by atoms with Crippen molar-refractivity contribution in [1.29, 1.82) is 0 Å². The highest BCUT2D eigenvalue weighted by Crippen LogP contribution is 2.41. The zero-order chi connectivity index (χ0) is 12.0. The van der Waals surface area contributed by atoms with Gasteiger partial charge in [-0.1, -0.05) is 24.4 Å². The molecule has 0 heterocycles. The van der Waals surface area contributed by atoms with Crippen LogP contribution in [0.1, 0.15) is 13.8 Å². The number of carbonyl (C=O) groups excluding carboxylic acids is 1. The first-order chi connectivity index (χ1) is 6.93. The molecule has 2 amide bonds. The quantitative estimate of drug-likeness (QED) is 0.628. The summed E-state index contributed by atoms with van der Waals surface area (Å²) in [6.45, 7) is 3.22. The van der Waals surface area contributed by atoms with Gasteiger partial charge in [-0.05, 0) is 13.8 Å². The molecule has 0 saturated carbocycles. The minimum Gasteiger partial charge on any atom is -0.320 e. The van der Waals surface area contributed by atoms with E-state index in [1.54, 1.807) is 13.8 Å². The summed E-state index contributed by atoms with van der Waals surface area (Å²) in [6, 6.07) is -0.440. The molecule has 0 aliphatic carbocycles. The number of thiocarbonyl (C=S) groups is 2. The minimum absolute atomic E-state index is 0.360. The lowest BCUT2D eigenvalue weighted by molar-refractivity contribution is 0.231. The topological polar surface area (TPSA) is 50.8 Å². The van der Waals surface area contributed by atoms with E-state index in [-0.39, 0.29) is 0 Å². The lowest BCUT2D eigenvalue weighted by Crippen LogP contribution is -2.40. The fraction of sp³-hybridized carbons (Fsp3) is 0.571. The van der Waals surface area contributed by atoms with E-state index in [0.29, 0.717) is 9.98 Å². The Balaban J connectivity index is 4.72. The summed E-state index contributed by atoms with van der Waals surface area (Å²) in [7, 11) is 1.38. The van der Waals surface area contributed by atoms with E-state index in [0.717, 1.165) is 0 Å². The Labute approximate surface area is 101 Å². The Hall–Kier alpha value is -0.200. The summed E-state index contributed by atoms with van der Waals surface area (Å²) in [5, 5.41) is 2.46. The average Bonchev–Trinajstić information content (AvgIpc) is 2.11. The number of carbonyl (C=O) groups is 1. The van der Waals surface area contributed by atoms with E-state index in [2.05, 4.69) is 5.32 Å². The normalized spacial score (nSPS) is 9.93. The largest absolute Gasteiger partial charge is 0.333 e. The molecule has 0 aliphatic rings. The molecule has 0 aromatic rings. The van der Waals surface area contributed by atoms with Gasteiger partial charge in [0.2, 0.25) is 0 Å². The number of nitrogens with one attached hydrogen (secondary N) is 1. The van der Waals surface area contributed by atoms with Crippen molar-refractivity contribution in [3.8, 4) is 0 Å². The van der Waals surface area contributed by atoms with Crippen LogP contribution >= 0.6 is 33.0 Å². The molecule has 0 spiro atoms. The van der Waals surface area contributed by atoms with E-state index in [1.807, 2.05) is 0 Å². The molecule has 15 heavy (non-hydrogen) atoms. The number of rotatable bonds is 3. The molecule has 0 atom stereocenters. The van der Waals surface area contributed by atoms with Crippen molar-refractivity contribution >= 4 is 49.0 Å². The first-order valence-electron chi connectivity index (χ1n) is 3.94. The van der Waals surface area contributed by atoms with Gasteiger partial charge in [0.25, 0.3) is 8.53 Å². The van der Waals surface area contributed by atoms with Gasteiger partial charge < -0.3 is 14.4 Å². The van der Waals surface area contributed by atoms with E-state index < -0.39 is 14.6 Å². The van der Waals surface area contributed by atoms with Crippen LogP contribution in [-0.2, 0) is 9.05 Å². The van der Waals surface area contributed by atoms with Crippen LogP contribution < -0.4 is 5.32 Å². The van der Waals surface area contributed by atoms with Crippen LogP contribution in [0.5, 0.6) is 0 Å². The average molecular weight is 268 g/mol. The maximum absolute atomic E-state index is 11.7. The molecule has 86 valence electrons. The standard InChI is InChI=1S/C7H13N2O3PS2/c1-5(14)8-7(10)9(6(2)15)13(11-3)12-4/h1-4H3,(H,8,10,14). The molecule has 0 fully saturated rings. The molecular formula is C7H13N2O3PS2. The monoisotopic (exact) mass is 268 g/mol. The van der Waals surface area contributed by atoms with Crippen LogP contribution in [0.4, 0.5) is 4.79 Å². The van der Waals surface area contributed by atoms with Crippen LogP contribution in [0, 0.1) is 0 Å². The van der Waals surface area contributed by atoms with Gasteiger partial charge in [0, 0.05) is 14.2 Å². The lowest BCUT2D eigenvalue weighted by atomic mass is 10.7. The molecule has 1 N–H and O–H groups in total. The van der Waals surface area contributed by atoms with Crippen molar-refractivity contribution in [1.82, 2.24) is 9.99 Å². The van der Waals surface area contributed by atoms with Gasteiger partial charge in [0.05, 0.1) is 9.98 Å². The van der Waals surface area contributed by atoms with Gasteiger partial charge in [0.15, 0.2) is 0 Å². The highest BCUT2D eigenvalue weighted by Gasteiger charge is 2.26. The highest BCUT2D eigenvalue weighted by atomic mass is 32.1. The second-order valence-electron chi connectivity index (χ2n) is 2.42. The van der Waals surface area contributed by atoms with Crippen molar-refractivity contribution in [2.75, 3.05) is 14.2 Å². The molecule has 0 aromatic heterocycles. The summed E-state index contributed by atoms with van der Waals surface area (Å²) < 4.78 is 11.2. The van der Waals surface area contributed by atoms with E-state index in [1.165, 1.54) is 18.9 Å². The molecule has 8 heteroatoms. The summed E-state index contributed by atoms with van der Waals surface area (Å²) in [5.41, 5.74) is 0. The maximum atomic E-state index is 11.7. The Bertz CT molecular complexity index is 271. The van der Waals surface area contributed by atoms with Gasteiger partial charge in [-0.15, -0.1) is 0 Å². The Morgan fingerprint density at radius 3 is 2.00 bits per heavy atom. The van der Waals surface area contributed by atoms with Crippen LogP contribution in [-0.4, -0.2) is 34.9 Å². The predicted molar refractivity (Wildman–Crippen MR) is 67.9 cm³/mol. The lowest BCUT2D eigenvalue weighted by Gasteiger charge is -2.26. The maximum Gasteiger partial charge on any atom is 0.333 e. The molecule has 0 unspecified atom stereocenters. The van der Waals surface area contributed by atoms with Crippen LogP contribution in [0.3, 0.4) is 0 Å². The first kappa shape index (κ1) is 14.8. The number of amides is 2. The molecule has 5 nitrogen and oxygen atoms in total. The van der Waals surface area contributed by atoms with E-state index in [9.17, 15) is 4.79 Å². The highest BCUT2D eigenvalue weighted by molar-refractivity contribution is 7.81. The number of hydrogen-bond donors (Lipinski definition) is 1. The number of hydrogen-bond acceptors (Lipinski definition) is 5. The smallest absolute Gasteiger partial charge is 0.320 e. The van der Waals surface area contributed by atoms with Crippen molar-refractivity contribution in [3.05, 3.63) is 0 Å². The molecule has 0 radical (unpaired) electrons. The fourth-order valence-corrected chi connectivity index (χ4v) is 2.05.